The third kappa shape index (κ3) is 9.28. The molecule has 14 heteroatoms. The van der Waals surface area contributed by atoms with Gasteiger partial charge in [-0.15, -0.1) is 0 Å². The van der Waals surface area contributed by atoms with Gasteiger partial charge in [0.2, 0.25) is 11.8 Å². The number of para-hydroxylation sites is 2. The zero-order chi connectivity index (χ0) is 39.6. The number of hydrogen-bond acceptors (Lipinski definition) is 8. The molecule has 6 aromatic rings. The van der Waals surface area contributed by atoms with Crippen molar-refractivity contribution in [3.63, 3.8) is 0 Å². The minimum absolute atomic E-state index is 0.173. The van der Waals surface area contributed by atoms with Crippen LogP contribution in [0.25, 0.3) is 33.6 Å². The van der Waals surface area contributed by atoms with Crippen molar-refractivity contribution in [3.05, 3.63) is 132 Å². The normalized spacial score (nSPS) is 10.7. The van der Waals surface area contributed by atoms with Crippen molar-refractivity contribution in [2.45, 2.75) is 26.9 Å². The predicted octanol–water partition coefficient (Wildman–Crippen LogP) is 6.53. The Labute approximate surface area is 323 Å². The molecular formula is C42H42N8O6. The molecule has 0 fully saturated rings. The Bertz CT molecular complexity index is 2150. The molecule has 56 heavy (non-hydrogen) atoms. The number of aromatic nitrogens is 4. The number of imidazole rings is 2. The molecule has 4 amide bonds. The summed E-state index contributed by atoms with van der Waals surface area (Å²) in [6.07, 6.45) is 2.10. The predicted molar refractivity (Wildman–Crippen MR) is 213 cm³/mol. The Hall–Kier alpha value is -7.22. The number of alkyl carbamates (subject to hydrolysis) is 2. The summed E-state index contributed by atoms with van der Waals surface area (Å²) in [6.45, 7) is 3.73. The molecule has 4 N–H and O–H groups in total. The van der Waals surface area contributed by atoms with Crippen molar-refractivity contribution < 1.29 is 28.7 Å². The monoisotopic (exact) mass is 754 g/mol. The zero-order valence-corrected chi connectivity index (χ0v) is 31.5. The number of benzene rings is 4. The van der Waals surface area contributed by atoms with Gasteiger partial charge in [0.1, 0.15) is 24.7 Å². The summed E-state index contributed by atoms with van der Waals surface area (Å²) in [6, 6.07) is 31.2. The van der Waals surface area contributed by atoms with Crippen LogP contribution in [-0.2, 0) is 32.2 Å². The van der Waals surface area contributed by atoms with Crippen LogP contribution in [0.2, 0.25) is 0 Å². The van der Waals surface area contributed by atoms with Crippen LogP contribution < -0.4 is 20.4 Å². The summed E-state index contributed by atoms with van der Waals surface area (Å²) in [5.41, 5.74) is 8.73. The van der Waals surface area contributed by atoms with Gasteiger partial charge in [0.05, 0.1) is 51.1 Å². The van der Waals surface area contributed by atoms with E-state index in [4.69, 9.17) is 0 Å². The Morgan fingerprint density at radius 1 is 0.554 bits per heavy atom. The maximum Gasteiger partial charge on any atom is 0.407 e. The first-order chi connectivity index (χ1) is 27.1. The number of aromatic amines is 2. The Kier molecular flexibility index (Phi) is 12.2. The Morgan fingerprint density at radius 3 is 1.27 bits per heavy atom. The average Bonchev–Trinajstić information content (AvgIpc) is 3.91. The van der Waals surface area contributed by atoms with Crippen LogP contribution in [0.1, 0.15) is 22.8 Å². The molecule has 0 unspecified atom stereocenters. The first kappa shape index (κ1) is 38.5. The second-order valence-corrected chi connectivity index (χ2v) is 12.9. The van der Waals surface area contributed by atoms with Crippen LogP contribution in [0.3, 0.4) is 0 Å². The van der Waals surface area contributed by atoms with Crippen molar-refractivity contribution in [3.8, 4) is 33.6 Å². The first-order valence-electron chi connectivity index (χ1n) is 17.8. The SMILES string of the molecule is COC(=O)NCC(=O)N(Cc1ncc(-c2ccc(-c3ccc(-c4cnc(CN(C(=O)CNC(=O)OC)c5ccccc5C)[nH]4)cc3)cc2)[nH]1)c1ccccc1C. The number of rotatable bonds is 13. The molecule has 2 aromatic heterocycles. The highest BCUT2D eigenvalue weighted by Crippen LogP contribution is 2.28. The highest BCUT2D eigenvalue weighted by Gasteiger charge is 2.22. The number of aryl methyl sites for hydroxylation is 2. The third-order valence-corrected chi connectivity index (χ3v) is 9.15. The van der Waals surface area contributed by atoms with Gasteiger partial charge in [-0.25, -0.2) is 19.6 Å². The number of H-pyrrole nitrogens is 2. The van der Waals surface area contributed by atoms with Crippen molar-refractivity contribution in [1.29, 1.82) is 0 Å². The summed E-state index contributed by atoms with van der Waals surface area (Å²) in [7, 11) is 2.49. The number of carbonyl (C=O) groups is 4. The summed E-state index contributed by atoms with van der Waals surface area (Å²) >= 11 is 0. The number of amides is 4. The van der Waals surface area contributed by atoms with Crippen LogP contribution in [0.15, 0.2) is 109 Å². The number of nitrogens with zero attached hydrogens (tertiary/aromatic N) is 4. The second-order valence-electron chi connectivity index (χ2n) is 12.9. The van der Waals surface area contributed by atoms with Gasteiger partial charge in [-0.2, -0.15) is 0 Å². The lowest BCUT2D eigenvalue weighted by Crippen LogP contribution is -2.40. The molecule has 0 saturated carbocycles. The standard InChI is InChI=1S/C42H42N8O6/c1-27-9-5-7-11-35(27)49(39(51)23-45-41(53)55-3)25-37-43-21-33(47-37)31-17-13-29(14-18-31)30-15-19-32(20-16-30)34-22-44-38(48-34)26-50(36-12-8-6-10-28(36)2)40(52)24-46-42(54)56-4/h5-22H,23-26H2,1-4H3,(H,43,47)(H,44,48)(H,45,53)(H,46,54). The van der Waals surface area contributed by atoms with Gasteiger partial charge in [-0.1, -0.05) is 84.9 Å². The lowest BCUT2D eigenvalue weighted by atomic mass is 10.0. The molecule has 14 nitrogen and oxygen atoms in total. The van der Waals surface area contributed by atoms with E-state index in [0.717, 1.165) is 44.8 Å². The van der Waals surface area contributed by atoms with Crippen molar-refractivity contribution in [2.24, 2.45) is 0 Å². The minimum atomic E-state index is -0.684. The van der Waals surface area contributed by atoms with E-state index in [1.54, 1.807) is 22.2 Å². The Morgan fingerprint density at radius 2 is 0.911 bits per heavy atom. The number of methoxy groups -OCH3 is 2. The average molecular weight is 755 g/mol. The maximum absolute atomic E-state index is 13.2. The third-order valence-electron chi connectivity index (χ3n) is 9.15. The lowest BCUT2D eigenvalue weighted by Gasteiger charge is -2.23. The van der Waals surface area contributed by atoms with Crippen LogP contribution in [0, 0.1) is 13.8 Å². The molecule has 0 aliphatic heterocycles. The topological polar surface area (TPSA) is 175 Å². The minimum Gasteiger partial charge on any atom is -0.453 e. The van der Waals surface area contributed by atoms with Gasteiger partial charge in [0, 0.05) is 11.4 Å². The molecule has 0 aliphatic carbocycles. The molecule has 2 heterocycles. The van der Waals surface area contributed by atoms with Gasteiger partial charge in [0.25, 0.3) is 0 Å². The van der Waals surface area contributed by atoms with Gasteiger partial charge >= 0.3 is 12.2 Å². The van der Waals surface area contributed by atoms with Gasteiger partial charge in [0.15, 0.2) is 0 Å². The number of carbonyl (C=O) groups excluding carboxylic acids is 4. The summed E-state index contributed by atoms with van der Waals surface area (Å²) in [5.74, 6) is 0.547. The summed E-state index contributed by atoms with van der Waals surface area (Å²) < 4.78 is 9.24. The molecule has 6 rings (SSSR count). The number of hydrogen-bond donors (Lipinski definition) is 4. The fourth-order valence-corrected chi connectivity index (χ4v) is 6.14. The number of anilines is 2. The largest absolute Gasteiger partial charge is 0.453 e. The van der Waals surface area contributed by atoms with Crippen molar-refractivity contribution >= 4 is 35.4 Å². The van der Waals surface area contributed by atoms with E-state index in [0.29, 0.717) is 23.0 Å². The smallest absolute Gasteiger partial charge is 0.407 e. The molecule has 0 spiro atoms. The van der Waals surface area contributed by atoms with Gasteiger partial charge in [-0.3, -0.25) is 9.59 Å². The van der Waals surface area contributed by atoms with Gasteiger partial charge < -0.3 is 39.9 Å². The lowest BCUT2D eigenvalue weighted by molar-refractivity contribution is -0.118. The molecule has 0 atom stereocenters. The number of nitrogens with one attached hydrogen (secondary N) is 4. The van der Waals surface area contributed by atoms with Crippen LogP contribution >= 0.6 is 0 Å². The molecule has 286 valence electrons. The van der Waals surface area contributed by atoms with Crippen LogP contribution in [0.5, 0.6) is 0 Å². The van der Waals surface area contributed by atoms with Crippen LogP contribution in [0.4, 0.5) is 21.0 Å². The van der Waals surface area contributed by atoms with E-state index in [-0.39, 0.29) is 38.0 Å². The molecule has 4 aromatic carbocycles. The fourth-order valence-electron chi connectivity index (χ4n) is 6.14. The maximum atomic E-state index is 13.2. The molecule has 0 bridgehead atoms. The van der Waals surface area contributed by atoms with E-state index in [1.165, 1.54) is 14.2 Å². The number of ether oxygens (including phenoxy) is 2. The van der Waals surface area contributed by atoms with E-state index in [1.807, 2.05) is 111 Å². The van der Waals surface area contributed by atoms with Crippen LogP contribution in [-0.4, -0.2) is 71.2 Å². The van der Waals surface area contributed by atoms with E-state index in [2.05, 4.69) is 40.0 Å². The highest BCUT2D eigenvalue weighted by atomic mass is 16.5. The van der Waals surface area contributed by atoms with Crippen molar-refractivity contribution in [1.82, 2.24) is 30.6 Å². The first-order valence-corrected chi connectivity index (χ1v) is 17.8. The molecular weight excluding hydrogens is 713 g/mol. The van der Waals surface area contributed by atoms with E-state index < -0.39 is 12.2 Å². The van der Waals surface area contributed by atoms with Crippen molar-refractivity contribution in [2.75, 3.05) is 37.1 Å². The van der Waals surface area contributed by atoms with E-state index >= 15 is 0 Å². The summed E-state index contributed by atoms with van der Waals surface area (Å²) in [4.78, 5) is 68.7. The fraction of sp³-hybridized carbons (Fsp3) is 0.190. The molecule has 0 aliphatic rings. The van der Waals surface area contributed by atoms with E-state index in [9.17, 15) is 19.2 Å². The quantitative estimate of drug-likeness (QED) is 0.103. The zero-order valence-electron chi connectivity index (χ0n) is 31.5. The second kappa shape index (κ2) is 17.7. The molecule has 0 saturated heterocycles. The highest BCUT2D eigenvalue weighted by molar-refractivity contribution is 5.97. The Balaban J connectivity index is 1.12. The molecule has 0 radical (unpaired) electrons. The summed E-state index contributed by atoms with van der Waals surface area (Å²) in [5, 5.41) is 4.92. The van der Waals surface area contributed by atoms with Gasteiger partial charge in [-0.05, 0) is 59.4 Å².